The van der Waals surface area contributed by atoms with Gasteiger partial charge in [0.05, 0.1) is 22.8 Å². The van der Waals surface area contributed by atoms with Crippen molar-refractivity contribution in [3.8, 4) is 5.75 Å². The molecule has 1 amide bonds. The highest BCUT2D eigenvalue weighted by molar-refractivity contribution is 7.09. The van der Waals surface area contributed by atoms with Gasteiger partial charge in [-0.15, -0.1) is 11.3 Å². The Morgan fingerprint density at radius 1 is 1.11 bits per heavy atom. The van der Waals surface area contributed by atoms with Crippen LogP contribution in [-0.2, 0) is 24.4 Å². The summed E-state index contributed by atoms with van der Waals surface area (Å²) in [5.41, 5.74) is 17.9. The number of aliphatic hydroxyl groups excluding tert-OH is 1. The fraction of sp³-hybridized carbons (Fsp3) is 0.429. The third-order valence-corrected chi connectivity index (χ3v) is 6.87. The van der Waals surface area contributed by atoms with Gasteiger partial charge in [-0.1, -0.05) is 63.2 Å². The van der Waals surface area contributed by atoms with Crippen LogP contribution in [0.25, 0.3) is 0 Å². The van der Waals surface area contributed by atoms with Crippen molar-refractivity contribution in [1.29, 1.82) is 0 Å². The summed E-state index contributed by atoms with van der Waals surface area (Å²) < 4.78 is 5.81. The largest absolute Gasteiger partial charge is 0.487 e. The number of aromatic nitrogens is 1. The van der Waals surface area contributed by atoms with Gasteiger partial charge in [-0.05, 0) is 42.0 Å². The first-order chi connectivity index (χ1) is 17.5. The van der Waals surface area contributed by atoms with E-state index in [4.69, 9.17) is 16.2 Å². The normalized spacial score (nSPS) is 14.3. The summed E-state index contributed by atoms with van der Waals surface area (Å²) in [5.74, 6) is 0.447. The van der Waals surface area contributed by atoms with Gasteiger partial charge in [0, 0.05) is 24.5 Å². The van der Waals surface area contributed by atoms with Crippen LogP contribution in [0.1, 0.15) is 42.6 Å². The van der Waals surface area contributed by atoms with Crippen LogP contribution in [0.4, 0.5) is 0 Å². The summed E-state index contributed by atoms with van der Waals surface area (Å²) in [5, 5.41) is 15.6. The van der Waals surface area contributed by atoms with Crippen LogP contribution in [0, 0.1) is 12.3 Å². The number of nitrogens with one attached hydrogen (secondary N) is 1. The van der Waals surface area contributed by atoms with Crippen molar-refractivity contribution in [2.24, 2.45) is 16.9 Å². The van der Waals surface area contributed by atoms with E-state index in [1.54, 1.807) is 16.3 Å². The first kappa shape index (κ1) is 28.7. The predicted molar refractivity (Wildman–Crippen MR) is 148 cm³/mol. The zero-order valence-electron chi connectivity index (χ0n) is 22.1. The number of hydrazine groups is 1. The lowest BCUT2D eigenvalue weighted by Crippen LogP contribution is -2.56. The van der Waals surface area contributed by atoms with Crippen molar-refractivity contribution in [3.63, 3.8) is 0 Å². The average molecular weight is 526 g/mol. The van der Waals surface area contributed by atoms with E-state index in [0.29, 0.717) is 19.6 Å². The number of carbonyl (C=O) groups excluding carboxylic acids is 1. The molecule has 2 aromatic carbocycles. The number of amides is 1. The molecule has 3 aromatic rings. The molecule has 0 saturated carbocycles. The Labute approximate surface area is 223 Å². The van der Waals surface area contributed by atoms with Gasteiger partial charge in [0.15, 0.2) is 0 Å². The van der Waals surface area contributed by atoms with Gasteiger partial charge in [-0.25, -0.2) is 9.99 Å². The highest BCUT2D eigenvalue weighted by Gasteiger charge is 2.29. The molecule has 0 bridgehead atoms. The lowest BCUT2D eigenvalue weighted by Gasteiger charge is -2.32. The standard InChI is InChI=1S/C28H39N5O3S/c1-19-31-22(18-37-19)17-36-23-12-10-20(11-13-23)14-24(29)25(34)16-33(15-21-8-6-5-7-9-21)32-27(35)26(30)28(2,3)4/h5-13,18,24-26,34H,14-17,29-30H2,1-4H3,(H,32,35). The number of hydrogen-bond acceptors (Lipinski definition) is 8. The first-order valence-corrected chi connectivity index (χ1v) is 13.3. The summed E-state index contributed by atoms with van der Waals surface area (Å²) in [6.07, 6.45) is -0.403. The number of ether oxygens (including phenoxy) is 1. The van der Waals surface area contributed by atoms with Crippen LogP contribution in [0.5, 0.6) is 5.75 Å². The second kappa shape index (κ2) is 13.1. The van der Waals surface area contributed by atoms with Crippen molar-refractivity contribution in [1.82, 2.24) is 15.4 Å². The van der Waals surface area contributed by atoms with E-state index < -0.39 is 23.6 Å². The van der Waals surface area contributed by atoms with Gasteiger partial charge in [0.25, 0.3) is 5.91 Å². The van der Waals surface area contributed by atoms with E-state index >= 15 is 0 Å². The molecular formula is C28H39N5O3S. The zero-order chi connectivity index (χ0) is 27.0. The van der Waals surface area contributed by atoms with Crippen molar-refractivity contribution >= 4 is 17.2 Å². The Kier molecular flexibility index (Phi) is 10.2. The number of carbonyl (C=O) groups is 1. The molecule has 0 spiro atoms. The minimum absolute atomic E-state index is 0.160. The van der Waals surface area contributed by atoms with Crippen LogP contribution in [0.15, 0.2) is 60.0 Å². The van der Waals surface area contributed by atoms with Crippen molar-refractivity contribution in [2.45, 2.75) is 65.5 Å². The van der Waals surface area contributed by atoms with Crippen molar-refractivity contribution in [2.75, 3.05) is 6.54 Å². The molecule has 3 unspecified atom stereocenters. The number of rotatable bonds is 12. The number of thiazole rings is 1. The Morgan fingerprint density at radius 2 is 1.78 bits per heavy atom. The van der Waals surface area contributed by atoms with E-state index in [-0.39, 0.29) is 12.5 Å². The Bertz CT molecular complexity index is 1110. The molecule has 3 rings (SSSR count). The molecular weight excluding hydrogens is 486 g/mol. The number of aryl methyl sites for hydroxylation is 1. The average Bonchev–Trinajstić information content (AvgIpc) is 3.28. The lowest BCUT2D eigenvalue weighted by molar-refractivity contribution is -0.130. The van der Waals surface area contributed by atoms with E-state index in [9.17, 15) is 9.90 Å². The number of hydrogen-bond donors (Lipinski definition) is 4. The van der Waals surface area contributed by atoms with E-state index in [2.05, 4.69) is 10.4 Å². The van der Waals surface area contributed by atoms with Crippen LogP contribution >= 0.6 is 11.3 Å². The van der Waals surface area contributed by atoms with Gasteiger partial charge in [0.1, 0.15) is 12.4 Å². The third-order valence-electron chi connectivity index (χ3n) is 6.05. The molecule has 0 aliphatic rings. The maximum Gasteiger partial charge on any atom is 0.251 e. The summed E-state index contributed by atoms with van der Waals surface area (Å²) in [6, 6.07) is 16.2. The zero-order valence-corrected chi connectivity index (χ0v) is 22.9. The molecule has 0 fully saturated rings. The molecule has 0 radical (unpaired) electrons. The summed E-state index contributed by atoms with van der Waals surface area (Å²) >= 11 is 1.60. The summed E-state index contributed by atoms with van der Waals surface area (Å²) in [7, 11) is 0. The second-order valence-electron chi connectivity index (χ2n) is 10.4. The minimum Gasteiger partial charge on any atom is -0.487 e. The van der Waals surface area contributed by atoms with E-state index in [0.717, 1.165) is 27.6 Å². The highest BCUT2D eigenvalue weighted by atomic mass is 32.1. The summed E-state index contributed by atoms with van der Waals surface area (Å²) in [6.45, 7) is 8.71. The molecule has 0 aliphatic heterocycles. The van der Waals surface area contributed by atoms with Crippen LogP contribution < -0.4 is 21.6 Å². The molecule has 0 aliphatic carbocycles. The molecule has 3 atom stereocenters. The molecule has 1 aromatic heterocycles. The Balaban J connectivity index is 1.58. The number of nitrogens with zero attached hydrogens (tertiary/aromatic N) is 2. The van der Waals surface area contributed by atoms with Crippen LogP contribution in [0.3, 0.4) is 0 Å². The molecule has 8 nitrogen and oxygen atoms in total. The second-order valence-corrected chi connectivity index (χ2v) is 11.5. The lowest BCUT2D eigenvalue weighted by atomic mass is 9.87. The van der Waals surface area contributed by atoms with Crippen molar-refractivity contribution < 1.29 is 14.6 Å². The maximum atomic E-state index is 12.8. The Hall–Kier alpha value is -2.82. The molecule has 37 heavy (non-hydrogen) atoms. The third kappa shape index (κ3) is 9.21. The quantitative estimate of drug-likeness (QED) is 0.268. The van der Waals surface area contributed by atoms with Crippen molar-refractivity contribution in [3.05, 3.63) is 81.8 Å². The van der Waals surface area contributed by atoms with Gasteiger partial charge in [-0.3, -0.25) is 10.2 Å². The van der Waals surface area contributed by atoms with Gasteiger partial charge >= 0.3 is 0 Å². The monoisotopic (exact) mass is 525 g/mol. The topological polar surface area (TPSA) is 127 Å². The van der Waals surface area contributed by atoms with Gasteiger partial charge < -0.3 is 21.3 Å². The molecule has 1 heterocycles. The smallest absolute Gasteiger partial charge is 0.251 e. The summed E-state index contributed by atoms with van der Waals surface area (Å²) in [4.78, 5) is 17.2. The highest BCUT2D eigenvalue weighted by Crippen LogP contribution is 2.19. The fourth-order valence-electron chi connectivity index (χ4n) is 3.70. The minimum atomic E-state index is -0.876. The maximum absolute atomic E-state index is 12.8. The number of nitrogens with two attached hydrogens (primary N) is 2. The van der Waals surface area contributed by atoms with Crippen LogP contribution in [-0.4, -0.2) is 45.7 Å². The Morgan fingerprint density at radius 3 is 2.38 bits per heavy atom. The van der Waals surface area contributed by atoms with E-state index in [1.165, 1.54) is 0 Å². The first-order valence-electron chi connectivity index (χ1n) is 12.4. The fourth-order valence-corrected chi connectivity index (χ4v) is 4.29. The number of aliphatic hydroxyl groups is 1. The SMILES string of the molecule is Cc1nc(COc2ccc(CC(N)C(O)CN(Cc3ccccc3)NC(=O)C(N)C(C)(C)C)cc2)cs1. The molecule has 0 saturated heterocycles. The predicted octanol–water partition coefficient (Wildman–Crippen LogP) is 3.17. The molecule has 9 heteroatoms. The molecule has 200 valence electrons. The number of benzene rings is 2. The van der Waals surface area contributed by atoms with Crippen LogP contribution in [0.2, 0.25) is 0 Å². The van der Waals surface area contributed by atoms with E-state index in [1.807, 2.05) is 87.7 Å². The van der Waals surface area contributed by atoms with Gasteiger partial charge in [0.2, 0.25) is 0 Å². The molecule has 6 N–H and O–H groups in total. The van der Waals surface area contributed by atoms with Gasteiger partial charge in [-0.2, -0.15) is 0 Å².